The van der Waals surface area contributed by atoms with Crippen molar-refractivity contribution in [2.75, 3.05) is 10.6 Å². The van der Waals surface area contributed by atoms with E-state index in [1.54, 1.807) is 48.5 Å². The highest BCUT2D eigenvalue weighted by atomic mass is 16.3. The largest absolute Gasteiger partial charge is 0.465 e. The molecule has 3 N–H and O–H groups in total. The Balaban J connectivity index is 1.82. The maximum atomic E-state index is 12.9. The molecule has 3 amide bonds. The molecule has 0 bridgehead atoms. The monoisotopic (exact) mass is 403 g/mol. The van der Waals surface area contributed by atoms with Gasteiger partial charge in [0.15, 0.2) is 0 Å². The average Bonchev–Trinajstić information content (AvgIpc) is 3.21. The average molecular weight is 403 g/mol. The first-order valence-corrected chi connectivity index (χ1v) is 9.23. The Labute approximate surface area is 173 Å². The standard InChI is InChI=1S/C23H21N3O4/c1-15-8-10-17(11-9-15)22(28)26-21(14-20-7-4-12-30-20)23(29)25-19-6-3-5-18(13-19)24-16(2)27/h3-14H,1-2H3,(H,24,27)(H,25,29)(H,26,28)/b21-14-. The zero-order chi connectivity index (χ0) is 21.5. The van der Waals surface area contributed by atoms with Crippen molar-refractivity contribution in [2.24, 2.45) is 0 Å². The minimum atomic E-state index is -0.535. The maximum absolute atomic E-state index is 12.9. The van der Waals surface area contributed by atoms with Crippen LogP contribution in [-0.2, 0) is 9.59 Å². The molecule has 7 heteroatoms. The van der Waals surface area contributed by atoms with Crippen molar-refractivity contribution in [1.82, 2.24) is 5.32 Å². The van der Waals surface area contributed by atoms with E-state index >= 15 is 0 Å². The summed E-state index contributed by atoms with van der Waals surface area (Å²) in [5.41, 5.74) is 2.46. The van der Waals surface area contributed by atoms with Crippen LogP contribution in [0.2, 0.25) is 0 Å². The predicted octanol–water partition coefficient (Wildman–Crippen LogP) is 3.96. The zero-order valence-electron chi connectivity index (χ0n) is 16.6. The van der Waals surface area contributed by atoms with E-state index in [4.69, 9.17) is 4.42 Å². The van der Waals surface area contributed by atoms with Crippen LogP contribution >= 0.6 is 0 Å². The Kier molecular flexibility index (Phi) is 6.44. The molecule has 0 unspecified atom stereocenters. The van der Waals surface area contributed by atoms with Crippen molar-refractivity contribution in [1.29, 1.82) is 0 Å². The molecular formula is C23H21N3O4. The highest BCUT2D eigenvalue weighted by Crippen LogP contribution is 2.17. The predicted molar refractivity (Wildman–Crippen MR) is 115 cm³/mol. The number of furan rings is 1. The smallest absolute Gasteiger partial charge is 0.272 e. The van der Waals surface area contributed by atoms with Gasteiger partial charge in [0.2, 0.25) is 5.91 Å². The van der Waals surface area contributed by atoms with E-state index in [0.29, 0.717) is 22.7 Å². The van der Waals surface area contributed by atoms with Crippen LogP contribution in [0, 0.1) is 6.92 Å². The summed E-state index contributed by atoms with van der Waals surface area (Å²) in [4.78, 5) is 36.7. The molecule has 1 heterocycles. The molecule has 0 radical (unpaired) electrons. The van der Waals surface area contributed by atoms with Crippen molar-refractivity contribution < 1.29 is 18.8 Å². The van der Waals surface area contributed by atoms with Gasteiger partial charge in [-0.05, 0) is 49.4 Å². The lowest BCUT2D eigenvalue weighted by Gasteiger charge is -2.12. The van der Waals surface area contributed by atoms with Crippen molar-refractivity contribution in [3.63, 3.8) is 0 Å². The van der Waals surface area contributed by atoms with Gasteiger partial charge < -0.3 is 20.4 Å². The molecule has 0 atom stereocenters. The fourth-order valence-electron chi connectivity index (χ4n) is 2.65. The number of carbonyl (C=O) groups excluding carboxylic acids is 3. The van der Waals surface area contributed by atoms with Crippen molar-refractivity contribution in [3.05, 3.63) is 89.5 Å². The van der Waals surface area contributed by atoms with Gasteiger partial charge in [0.1, 0.15) is 11.5 Å². The third-order valence-corrected chi connectivity index (χ3v) is 4.08. The quantitative estimate of drug-likeness (QED) is 0.543. The minimum absolute atomic E-state index is 0.0143. The number of amides is 3. The van der Waals surface area contributed by atoms with Gasteiger partial charge in [0, 0.05) is 29.9 Å². The van der Waals surface area contributed by atoms with Gasteiger partial charge in [-0.15, -0.1) is 0 Å². The maximum Gasteiger partial charge on any atom is 0.272 e. The summed E-state index contributed by atoms with van der Waals surface area (Å²) < 4.78 is 5.28. The van der Waals surface area contributed by atoms with Crippen LogP contribution in [0.5, 0.6) is 0 Å². The Bertz CT molecular complexity index is 1080. The third kappa shape index (κ3) is 5.68. The Morgan fingerprint density at radius 1 is 0.900 bits per heavy atom. The van der Waals surface area contributed by atoms with E-state index in [-0.39, 0.29) is 11.6 Å². The second-order valence-electron chi connectivity index (χ2n) is 6.61. The van der Waals surface area contributed by atoms with Crippen molar-refractivity contribution in [3.8, 4) is 0 Å². The van der Waals surface area contributed by atoms with E-state index in [1.807, 2.05) is 19.1 Å². The van der Waals surface area contributed by atoms with E-state index < -0.39 is 11.8 Å². The Hall–Kier alpha value is -4.13. The third-order valence-electron chi connectivity index (χ3n) is 4.08. The van der Waals surface area contributed by atoms with Crippen LogP contribution in [0.3, 0.4) is 0 Å². The Morgan fingerprint density at radius 2 is 1.60 bits per heavy atom. The lowest BCUT2D eigenvalue weighted by Crippen LogP contribution is -2.30. The molecule has 0 saturated carbocycles. The minimum Gasteiger partial charge on any atom is -0.465 e. The SMILES string of the molecule is CC(=O)Nc1cccc(NC(=O)/C(=C/c2ccco2)NC(=O)c2ccc(C)cc2)c1. The number of nitrogens with one attached hydrogen (secondary N) is 3. The summed E-state index contributed by atoms with van der Waals surface area (Å²) in [5.74, 6) is -0.764. The highest BCUT2D eigenvalue weighted by molar-refractivity contribution is 6.10. The molecular weight excluding hydrogens is 382 g/mol. The van der Waals surface area contributed by atoms with Gasteiger partial charge >= 0.3 is 0 Å². The highest BCUT2D eigenvalue weighted by Gasteiger charge is 2.16. The molecule has 0 aliphatic rings. The molecule has 3 rings (SSSR count). The van der Waals surface area contributed by atoms with Crippen LogP contribution in [0.25, 0.3) is 6.08 Å². The number of hydrogen-bond acceptors (Lipinski definition) is 4. The number of rotatable bonds is 6. The molecule has 30 heavy (non-hydrogen) atoms. The lowest BCUT2D eigenvalue weighted by molar-refractivity contribution is -0.114. The molecule has 0 aliphatic heterocycles. The van der Waals surface area contributed by atoms with Crippen LogP contribution in [0.1, 0.15) is 28.6 Å². The number of anilines is 2. The first-order chi connectivity index (χ1) is 14.4. The molecule has 7 nitrogen and oxygen atoms in total. The van der Waals surface area contributed by atoms with Gasteiger partial charge in [-0.2, -0.15) is 0 Å². The summed E-state index contributed by atoms with van der Waals surface area (Å²) in [6.07, 6.45) is 2.92. The molecule has 2 aromatic carbocycles. The van der Waals surface area contributed by atoms with Crippen molar-refractivity contribution in [2.45, 2.75) is 13.8 Å². The summed E-state index contributed by atoms with van der Waals surface area (Å²) in [6.45, 7) is 3.32. The van der Waals surface area contributed by atoms with Crippen LogP contribution in [0.4, 0.5) is 11.4 Å². The second-order valence-corrected chi connectivity index (χ2v) is 6.61. The molecule has 1 aromatic heterocycles. The first kappa shape index (κ1) is 20.6. The zero-order valence-corrected chi connectivity index (χ0v) is 16.6. The molecule has 0 fully saturated rings. The number of hydrogen-bond donors (Lipinski definition) is 3. The van der Waals surface area contributed by atoms with Crippen LogP contribution in [0.15, 0.2) is 77.0 Å². The van der Waals surface area contributed by atoms with Gasteiger partial charge in [-0.25, -0.2) is 0 Å². The van der Waals surface area contributed by atoms with E-state index in [0.717, 1.165) is 5.56 Å². The van der Waals surface area contributed by atoms with Gasteiger partial charge in [0.05, 0.1) is 6.26 Å². The Morgan fingerprint density at radius 3 is 2.23 bits per heavy atom. The number of aryl methyl sites for hydroxylation is 1. The van der Waals surface area contributed by atoms with Gasteiger partial charge in [0.25, 0.3) is 11.8 Å². The topological polar surface area (TPSA) is 100 Å². The normalized spacial score (nSPS) is 10.9. The lowest BCUT2D eigenvalue weighted by atomic mass is 10.1. The summed E-state index contributed by atoms with van der Waals surface area (Å²) in [6, 6.07) is 17.0. The molecule has 0 aliphatic carbocycles. The molecule has 0 spiro atoms. The summed E-state index contributed by atoms with van der Waals surface area (Å²) in [7, 11) is 0. The van der Waals surface area contributed by atoms with E-state index in [9.17, 15) is 14.4 Å². The number of carbonyl (C=O) groups is 3. The fourth-order valence-corrected chi connectivity index (χ4v) is 2.65. The van der Waals surface area contributed by atoms with Crippen LogP contribution < -0.4 is 16.0 Å². The fraction of sp³-hybridized carbons (Fsp3) is 0.0870. The molecule has 3 aromatic rings. The first-order valence-electron chi connectivity index (χ1n) is 9.23. The second kappa shape index (κ2) is 9.38. The number of benzene rings is 2. The van der Waals surface area contributed by atoms with E-state index in [2.05, 4.69) is 16.0 Å². The van der Waals surface area contributed by atoms with Crippen molar-refractivity contribution >= 4 is 35.2 Å². The summed E-state index contributed by atoms with van der Waals surface area (Å²) in [5, 5.41) is 8.01. The summed E-state index contributed by atoms with van der Waals surface area (Å²) >= 11 is 0. The van der Waals surface area contributed by atoms with E-state index in [1.165, 1.54) is 19.3 Å². The molecule has 152 valence electrons. The van der Waals surface area contributed by atoms with Gasteiger partial charge in [-0.3, -0.25) is 14.4 Å². The van der Waals surface area contributed by atoms with Crippen LogP contribution in [-0.4, -0.2) is 17.7 Å². The van der Waals surface area contributed by atoms with Gasteiger partial charge in [-0.1, -0.05) is 23.8 Å². The molecule has 0 saturated heterocycles.